The third kappa shape index (κ3) is 2.18. The molecule has 0 heterocycles. The zero-order valence-electron chi connectivity index (χ0n) is 10.3. The number of carbonyl (C=O) groups is 1. The molecular weight excluding hydrogens is 172 g/mol. The van der Waals surface area contributed by atoms with Crippen molar-refractivity contribution in [1.82, 2.24) is 0 Å². The van der Waals surface area contributed by atoms with Gasteiger partial charge in [-0.2, -0.15) is 0 Å². The maximum Gasteiger partial charge on any atom is 0.136 e. The third-order valence-corrected chi connectivity index (χ3v) is 4.27. The van der Waals surface area contributed by atoms with E-state index < -0.39 is 0 Å². The first kappa shape index (κ1) is 11.7. The molecule has 0 radical (unpaired) electrons. The van der Waals surface area contributed by atoms with E-state index in [9.17, 15) is 4.79 Å². The topological polar surface area (TPSA) is 17.1 Å². The standard InChI is InChI=1S/C13H24O/c1-9(2)13(4,5)11-7-6-10(3)8-12(11)14/h9-11H,6-8H2,1-5H3. The number of carbonyl (C=O) groups excluding carboxylic acids is 1. The van der Waals surface area contributed by atoms with Crippen molar-refractivity contribution in [2.45, 2.75) is 53.9 Å². The fourth-order valence-electron chi connectivity index (χ4n) is 2.39. The van der Waals surface area contributed by atoms with Gasteiger partial charge < -0.3 is 0 Å². The first-order valence-electron chi connectivity index (χ1n) is 5.88. The summed E-state index contributed by atoms with van der Waals surface area (Å²) in [7, 11) is 0. The van der Waals surface area contributed by atoms with Crippen LogP contribution in [0.4, 0.5) is 0 Å². The number of hydrogen-bond acceptors (Lipinski definition) is 1. The van der Waals surface area contributed by atoms with Crippen LogP contribution in [0, 0.1) is 23.2 Å². The maximum absolute atomic E-state index is 12.0. The molecule has 1 saturated carbocycles. The summed E-state index contributed by atoms with van der Waals surface area (Å²) >= 11 is 0. The average molecular weight is 196 g/mol. The van der Waals surface area contributed by atoms with Crippen LogP contribution in [0.3, 0.4) is 0 Å². The lowest BCUT2D eigenvalue weighted by Crippen LogP contribution is -2.38. The van der Waals surface area contributed by atoms with Crippen LogP contribution < -0.4 is 0 Å². The predicted molar refractivity (Wildman–Crippen MR) is 60.1 cm³/mol. The molecule has 0 aromatic rings. The van der Waals surface area contributed by atoms with E-state index in [1.54, 1.807) is 0 Å². The van der Waals surface area contributed by atoms with Gasteiger partial charge in [-0.05, 0) is 30.1 Å². The molecule has 1 fully saturated rings. The van der Waals surface area contributed by atoms with Gasteiger partial charge in [0.15, 0.2) is 0 Å². The molecule has 0 N–H and O–H groups in total. The Labute approximate surface area is 88.3 Å². The summed E-state index contributed by atoms with van der Waals surface area (Å²) in [4.78, 5) is 12.0. The van der Waals surface area contributed by atoms with E-state index in [2.05, 4.69) is 34.6 Å². The lowest BCUT2D eigenvalue weighted by atomic mass is 9.63. The van der Waals surface area contributed by atoms with Crippen molar-refractivity contribution in [1.29, 1.82) is 0 Å². The third-order valence-electron chi connectivity index (χ3n) is 4.27. The van der Waals surface area contributed by atoms with Gasteiger partial charge in [-0.3, -0.25) is 4.79 Å². The van der Waals surface area contributed by atoms with Gasteiger partial charge >= 0.3 is 0 Å². The number of hydrogen-bond donors (Lipinski definition) is 0. The van der Waals surface area contributed by atoms with Crippen LogP contribution >= 0.6 is 0 Å². The van der Waals surface area contributed by atoms with Crippen molar-refractivity contribution in [3.63, 3.8) is 0 Å². The van der Waals surface area contributed by atoms with E-state index in [-0.39, 0.29) is 5.41 Å². The van der Waals surface area contributed by atoms with Crippen molar-refractivity contribution < 1.29 is 4.79 Å². The average Bonchev–Trinajstić information content (AvgIpc) is 2.02. The van der Waals surface area contributed by atoms with Crippen LogP contribution in [-0.2, 0) is 4.79 Å². The van der Waals surface area contributed by atoms with Gasteiger partial charge in [-0.15, -0.1) is 0 Å². The highest BCUT2D eigenvalue weighted by Gasteiger charge is 2.39. The van der Waals surface area contributed by atoms with Crippen LogP contribution in [0.25, 0.3) is 0 Å². The Morgan fingerprint density at radius 2 is 1.86 bits per heavy atom. The van der Waals surface area contributed by atoms with Crippen LogP contribution in [0.1, 0.15) is 53.9 Å². The molecule has 0 bridgehead atoms. The molecule has 0 amide bonds. The first-order chi connectivity index (χ1) is 6.35. The van der Waals surface area contributed by atoms with Crippen molar-refractivity contribution in [2.75, 3.05) is 0 Å². The monoisotopic (exact) mass is 196 g/mol. The largest absolute Gasteiger partial charge is 0.299 e. The molecule has 0 aliphatic heterocycles. The van der Waals surface area contributed by atoms with E-state index in [1.165, 1.54) is 6.42 Å². The minimum atomic E-state index is 0.178. The maximum atomic E-state index is 12.0. The second-order valence-electron chi connectivity index (χ2n) is 5.88. The smallest absolute Gasteiger partial charge is 0.136 e. The number of ketones is 1. The zero-order chi connectivity index (χ0) is 10.9. The molecule has 1 rings (SSSR count). The second kappa shape index (κ2) is 4.04. The van der Waals surface area contributed by atoms with E-state index in [0.717, 1.165) is 12.8 Å². The van der Waals surface area contributed by atoms with Gasteiger partial charge in [0.25, 0.3) is 0 Å². The Kier molecular flexibility index (Phi) is 3.39. The summed E-state index contributed by atoms with van der Waals surface area (Å²) in [6.07, 6.45) is 3.14. The van der Waals surface area contributed by atoms with Gasteiger partial charge in [0.05, 0.1) is 0 Å². The molecule has 0 spiro atoms. The number of Topliss-reactive ketones (excluding diaryl/α,β-unsaturated/α-hetero) is 1. The van der Waals surface area contributed by atoms with Crippen molar-refractivity contribution in [3.8, 4) is 0 Å². The van der Waals surface area contributed by atoms with E-state index >= 15 is 0 Å². The van der Waals surface area contributed by atoms with Crippen LogP contribution in [0.2, 0.25) is 0 Å². The quantitative estimate of drug-likeness (QED) is 0.658. The van der Waals surface area contributed by atoms with Gasteiger partial charge in [0.1, 0.15) is 5.78 Å². The molecule has 0 saturated heterocycles. The Hall–Kier alpha value is -0.330. The highest BCUT2D eigenvalue weighted by molar-refractivity contribution is 5.82. The molecule has 2 unspecified atom stereocenters. The molecule has 1 aliphatic rings. The lowest BCUT2D eigenvalue weighted by Gasteiger charge is -2.40. The number of rotatable bonds is 2. The zero-order valence-corrected chi connectivity index (χ0v) is 10.3. The fraction of sp³-hybridized carbons (Fsp3) is 0.923. The summed E-state index contributed by atoms with van der Waals surface area (Å²) in [5.74, 6) is 2.01. The Morgan fingerprint density at radius 3 is 2.29 bits per heavy atom. The summed E-state index contributed by atoms with van der Waals surface area (Å²) in [6.45, 7) is 11.1. The van der Waals surface area contributed by atoms with Gasteiger partial charge in [-0.1, -0.05) is 34.6 Å². The highest BCUT2D eigenvalue weighted by atomic mass is 16.1. The Bertz CT molecular complexity index is 215. The lowest BCUT2D eigenvalue weighted by molar-refractivity contribution is -0.131. The van der Waals surface area contributed by atoms with Crippen LogP contribution in [0.5, 0.6) is 0 Å². The molecule has 0 aromatic heterocycles. The van der Waals surface area contributed by atoms with E-state index in [1.807, 2.05) is 0 Å². The van der Waals surface area contributed by atoms with Gasteiger partial charge in [0.2, 0.25) is 0 Å². The summed E-state index contributed by atoms with van der Waals surface area (Å²) in [6, 6.07) is 0. The van der Waals surface area contributed by atoms with E-state index in [0.29, 0.717) is 23.5 Å². The SMILES string of the molecule is CC1CCC(C(C)(C)C(C)C)C(=O)C1. The molecule has 14 heavy (non-hydrogen) atoms. The molecule has 1 heteroatoms. The van der Waals surface area contributed by atoms with Crippen LogP contribution in [0.15, 0.2) is 0 Å². The first-order valence-corrected chi connectivity index (χ1v) is 5.88. The van der Waals surface area contributed by atoms with Gasteiger partial charge in [0, 0.05) is 12.3 Å². The summed E-state index contributed by atoms with van der Waals surface area (Å²) in [5, 5.41) is 0. The molecule has 82 valence electrons. The normalized spacial score (nSPS) is 29.7. The van der Waals surface area contributed by atoms with Crippen LogP contribution in [-0.4, -0.2) is 5.78 Å². The Morgan fingerprint density at radius 1 is 1.29 bits per heavy atom. The molecular formula is C13H24O. The molecule has 0 aromatic carbocycles. The fourth-order valence-corrected chi connectivity index (χ4v) is 2.39. The Balaban J connectivity index is 2.73. The summed E-state index contributed by atoms with van der Waals surface area (Å²) < 4.78 is 0. The van der Waals surface area contributed by atoms with Gasteiger partial charge in [-0.25, -0.2) is 0 Å². The summed E-state index contributed by atoms with van der Waals surface area (Å²) in [5.41, 5.74) is 0.178. The molecule has 1 nitrogen and oxygen atoms in total. The predicted octanol–water partition coefficient (Wildman–Crippen LogP) is 3.67. The van der Waals surface area contributed by atoms with Crippen molar-refractivity contribution in [3.05, 3.63) is 0 Å². The van der Waals surface area contributed by atoms with E-state index in [4.69, 9.17) is 0 Å². The van der Waals surface area contributed by atoms with Crippen molar-refractivity contribution >= 4 is 5.78 Å². The minimum Gasteiger partial charge on any atom is -0.299 e. The van der Waals surface area contributed by atoms with Crippen molar-refractivity contribution in [2.24, 2.45) is 23.2 Å². The highest BCUT2D eigenvalue weighted by Crippen LogP contribution is 2.42. The minimum absolute atomic E-state index is 0.178. The molecule has 1 aliphatic carbocycles. The second-order valence-corrected chi connectivity index (χ2v) is 5.88. The molecule has 2 atom stereocenters.